The van der Waals surface area contributed by atoms with Crippen LogP contribution in [0.5, 0.6) is 0 Å². The van der Waals surface area contributed by atoms with E-state index in [4.69, 9.17) is 5.73 Å². The zero-order valence-corrected chi connectivity index (χ0v) is 17.1. The Morgan fingerprint density at radius 1 is 1.03 bits per heavy atom. The minimum absolute atomic E-state index is 0. The SMILES string of the molecule is Cl.NCC1(NC(=O)CCCN2C(=O)c3cccc4cccc(c34)C2=O)CCCC1. The van der Waals surface area contributed by atoms with E-state index in [1.165, 1.54) is 4.90 Å². The number of carbonyl (C=O) groups excluding carboxylic acids is 3. The van der Waals surface area contributed by atoms with Crippen LogP contribution in [0.2, 0.25) is 0 Å². The summed E-state index contributed by atoms with van der Waals surface area (Å²) in [7, 11) is 0. The summed E-state index contributed by atoms with van der Waals surface area (Å²) >= 11 is 0. The molecule has 0 radical (unpaired) electrons. The quantitative estimate of drug-likeness (QED) is 0.709. The summed E-state index contributed by atoms with van der Waals surface area (Å²) in [5, 5.41) is 4.69. The Morgan fingerprint density at radius 2 is 1.62 bits per heavy atom. The van der Waals surface area contributed by atoms with Crippen LogP contribution in [0.4, 0.5) is 0 Å². The lowest BCUT2D eigenvalue weighted by atomic mass is 9.94. The van der Waals surface area contributed by atoms with Crippen molar-refractivity contribution >= 4 is 40.9 Å². The van der Waals surface area contributed by atoms with Crippen molar-refractivity contribution in [1.29, 1.82) is 0 Å². The number of halogens is 1. The lowest BCUT2D eigenvalue weighted by molar-refractivity contribution is -0.123. The van der Waals surface area contributed by atoms with Crippen LogP contribution in [-0.2, 0) is 4.79 Å². The minimum Gasteiger partial charge on any atom is -0.349 e. The Balaban J connectivity index is 0.00000240. The molecule has 1 fully saturated rings. The summed E-state index contributed by atoms with van der Waals surface area (Å²) in [6, 6.07) is 11.0. The molecule has 1 aliphatic carbocycles. The van der Waals surface area contributed by atoms with Gasteiger partial charge < -0.3 is 11.1 Å². The maximum atomic E-state index is 12.9. The van der Waals surface area contributed by atoms with Crippen molar-refractivity contribution in [3.63, 3.8) is 0 Å². The zero-order valence-electron chi connectivity index (χ0n) is 16.3. The van der Waals surface area contributed by atoms with E-state index >= 15 is 0 Å². The molecule has 154 valence electrons. The predicted octanol–water partition coefficient (Wildman–Crippen LogP) is 3.03. The first-order valence-electron chi connectivity index (χ1n) is 9.94. The van der Waals surface area contributed by atoms with Gasteiger partial charge in [-0.25, -0.2) is 0 Å². The number of amides is 3. The molecule has 0 unspecified atom stereocenters. The molecule has 0 spiro atoms. The molecule has 3 amide bonds. The van der Waals surface area contributed by atoms with Gasteiger partial charge in [0.05, 0.1) is 5.54 Å². The van der Waals surface area contributed by atoms with Crippen LogP contribution in [0.1, 0.15) is 59.2 Å². The van der Waals surface area contributed by atoms with E-state index in [-0.39, 0.29) is 48.6 Å². The number of hydrogen-bond donors (Lipinski definition) is 2. The topological polar surface area (TPSA) is 92.5 Å². The second kappa shape index (κ2) is 8.51. The van der Waals surface area contributed by atoms with Crippen molar-refractivity contribution in [1.82, 2.24) is 10.2 Å². The highest BCUT2D eigenvalue weighted by Crippen LogP contribution is 2.30. The number of nitrogens with zero attached hydrogens (tertiary/aromatic N) is 1. The van der Waals surface area contributed by atoms with Crippen LogP contribution < -0.4 is 11.1 Å². The molecular weight excluding hydrogens is 390 g/mol. The first-order valence-corrected chi connectivity index (χ1v) is 9.94. The first-order chi connectivity index (χ1) is 13.5. The number of nitrogens with two attached hydrogens (primary N) is 1. The molecule has 0 aromatic heterocycles. The fraction of sp³-hybridized carbons (Fsp3) is 0.409. The fourth-order valence-electron chi connectivity index (χ4n) is 4.47. The van der Waals surface area contributed by atoms with Gasteiger partial charge in [0.15, 0.2) is 0 Å². The van der Waals surface area contributed by atoms with Crippen molar-refractivity contribution in [2.45, 2.75) is 44.1 Å². The highest BCUT2D eigenvalue weighted by atomic mass is 35.5. The number of hydrogen-bond acceptors (Lipinski definition) is 4. The number of rotatable bonds is 6. The molecule has 4 rings (SSSR count). The van der Waals surface area contributed by atoms with Gasteiger partial charge in [0.1, 0.15) is 0 Å². The van der Waals surface area contributed by atoms with E-state index in [0.29, 0.717) is 24.1 Å². The van der Waals surface area contributed by atoms with Gasteiger partial charge in [-0.1, -0.05) is 37.1 Å². The second-order valence-electron chi connectivity index (χ2n) is 7.81. The number of benzene rings is 2. The van der Waals surface area contributed by atoms with E-state index in [1.54, 1.807) is 12.1 Å². The molecule has 7 heteroatoms. The summed E-state index contributed by atoms with van der Waals surface area (Å²) in [6.45, 7) is 0.675. The van der Waals surface area contributed by atoms with Gasteiger partial charge in [0.25, 0.3) is 11.8 Å². The van der Waals surface area contributed by atoms with Gasteiger partial charge in [-0.15, -0.1) is 12.4 Å². The lowest BCUT2D eigenvalue weighted by Crippen LogP contribution is -2.51. The van der Waals surface area contributed by atoms with Crippen molar-refractivity contribution in [2.24, 2.45) is 5.73 Å². The van der Waals surface area contributed by atoms with Crippen molar-refractivity contribution in [3.8, 4) is 0 Å². The van der Waals surface area contributed by atoms with Crippen LogP contribution >= 0.6 is 12.4 Å². The van der Waals surface area contributed by atoms with Crippen LogP contribution in [0.15, 0.2) is 36.4 Å². The first kappa shape index (κ1) is 21.3. The summed E-state index contributed by atoms with van der Waals surface area (Å²) < 4.78 is 0. The summed E-state index contributed by atoms with van der Waals surface area (Å²) in [5.41, 5.74) is 6.69. The molecule has 3 N–H and O–H groups in total. The molecule has 2 aromatic carbocycles. The number of carbonyl (C=O) groups is 3. The van der Waals surface area contributed by atoms with Gasteiger partial charge in [0.2, 0.25) is 5.91 Å². The number of imide groups is 1. The molecule has 6 nitrogen and oxygen atoms in total. The smallest absolute Gasteiger partial charge is 0.261 e. The molecule has 2 aromatic rings. The lowest BCUT2D eigenvalue weighted by Gasteiger charge is -2.29. The van der Waals surface area contributed by atoms with E-state index in [0.717, 1.165) is 36.5 Å². The Kier molecular flexibility index (Phi) is 6.24. The van der Waals surface area contributed by atoms with E-state index in [9.17, 15) is 14.4 Å². The van der Waals surface area contributed by atoms with Crippen LogP contribution in [0.3, 0.4) is 0 Å². The predicted molar refractivity (Wildman–Crippen MR) is 114 cm³/mol. The van der Waals surface area contributed by atoms with Gasteiger partial charge in [-0.05, 0) is 36.8 Å². The molecule has 0 bridgehead atoms. The Hall–Kier alpha value is -2.44. The molecular formula is C22H26ClN3O3. The van der Waals surface area contributed by atoms with Gasteiger partial charge in [0, 0.05) is 36.0 Å². The Morgan fingerprint density at radius 3 is 2.17 bits per heavy atom. The van der Waals surface area contributed by atoms with Crippen LogP contribution in [0.25, 0.3) is 10.8 Å². The third kappa shape index (κ3) is 3.87. The monoisotopic (exact) mass is 415 g/mol. The van der Waals surface area contributed by atoms with Crippen molar-refractivity contribution < 1.29 is 14.4 Å². The third-order valence-corrected chi connectivity index (χ3v) is 6.00. The average molecular weight is 416 g/mol. The highest BCUT2D eigenvalue weighted by Gasteiger charge is 2.34. The molecule has 29 heavy (non-hydrogen) atoms. The summed E-state index contributed by atoms with van der Waals surface area (Å²) in [4.78, 5) is 39.3. The zero-order chi connectivity index (χ0) is 19.7. The molecule has 1 aliphatic heterocycles. The maximum Gasteiger partial charge on any atom is 0.261 e. The summed E-state index contributed by atoms with van der Waals surface area (Å²) in [5.74, 6) is -0.639. The third-order valence-electron chi connectivity index (χ3n) is 6.00. The number of nitrogens with one attached hydrogen (secondary N) is 1. The van der Waals surface area contributed by atoms with Gasteiger partial charge in [-0.2, -0.15) is 0 Å². The molecule has 1 heterocycles. The summed E-state index contributed by atoms with van der Waals surface area (Å²) in [6.07, 6.45) is 4.70. The Bertz CT molecular complexity index is 903. The average Bonchev–Trinajstić information content (AvgIpc) is 3.17. The standard InChI is InChI=1S/C22H25N3O3.ClH/c23-14-22(11-1-2-12-22)24-18(26)10-5-13-25-20(27)16-8-3-6-15-7-4-9-17(19(15)16)21(25)28;/h3-4,6-9H,1-2,5,10-14,23H2,(H,24,26);1H. The van der Waals surface area contributed by atoms with Crippen LogP contribution in [-0.4, -0.2) is 41.2 Å². The van der Waals surface area contributed by atoms with E-state index in [1.807, 2.05) is 24.3 Å². The minimum atomic E-state index is -0.288. The van der Waals surface area contributed by atoms with Crippen molar-refractivity contribution in [3.05, 3.63) is 47.5 Å². The largest absolute Gasteiger partial charge is 0.349 e. The second-order valence-corrected chi connectivity index (χ2v) is 7.81. The highest BCUT2D eigenvalue weighted by molar-refractivity contribution is 6.25. The van der Waals surface area contributed by atoms with Crippen LogP contribution in [0, 0.1) is 0 Å². The van der Waals surface area contributed by atoms with E-state index < -0.39 is 0 Å². The van der Waals surface area contributed by atoms with Gasteiger partial charge >= 0.3 is 0 Å². The normalized spacial score (nSPS) is 17.3. The molecule has 0 saturated heterocycles. The fourth-order valence-corrected chi connectivity index (χ4v) is 4.47. The van der Waals surface area contributed by atoms with E-state index in [2.05, 4.69) is 5.32 Å². The maximum absolute atomic E-state index is 12.9. The molecule has 2 aliphatic rings. The molecule has 1 saturated carbocycles. The van der Waals surface area contributed by atoms with Gasteiger partial charge in [-0.3, -0.25) is 19.3 Å². The van der Waals surface area contributed by atoms with Crippen molar-refractivity contribution in [2.75, 3.05) is 13.1 Å². The Labute approximate surface area is 176 Å². The molecule has 0 atom stereocenters.